The summed E-state index contributed by atoms with van der Waals surface area (Å²) in [6.07, 6.45) is 0. The Morgan fingerprint density at radius 3 is 2.72 bits per heavy atom. The molecular formula is C13H17FN2O2. The Labute approximate surface area is 106 Å². The van der Waals surface area contributed by atoms with Crippen molar-refractivity contribution in [3.05, 3.63) is 35.6 Å². The van der Waals surface area contributed by atoms with Crippen molar-refractivity contribution in [1.82, 2.24) is 9.80 Å². The highest BCUT2D eigenvalue weighted by molar-refractivity contribution is 5.74. The maximum absolute atomic E-state index is 13.5. The molecule has 1 aromatic carbocycles. The fourth-order valence-electron chi connectivity index (χ4n) is 1.95. The maximum atomic E-state index is 13.5. The zero-order chi connectivity index (χ0) is 13.0. The number of carbonyl (C=O) groups excluding carboxylic acids is 1. The Hall–Kier alpha value is -1.62. The summed E-state index contributed by atoms with van der Waals surface area (Å²) >= 11 is 0. The van der Waals surface area contributed by atoms with E-state index < -0.39 is 0 Å². The van der Waals surface area contributed by atoms with E-state index in [9.17, 15) is 9.18 Å². The van der Waals surface area contributed by atoms with E-state index in [0.717, 1.165) is 0 Å². The molecule has 1 heterocycles. The molecule has 0 aromatic heterocycles. The van der Waals surface area contributed by atoms with Crippen LogP contribution in [-0.4, -0.2) is 49.2 Å². The number of rotatable bonds is 2. The summed E-state index contributed by atoms with van der Waals surface area (Å²) in [4.78, 5) is 15.3. The van der Waals surface area contributed by atoms with Crippen molar-refractivity contribution in [3.8, 4) is 0 Å². The molecule has 0 saturated carbocycles. The van der Waals surface area contributed by atoms with E-state index in [1.165, 1.54) is 11.0 Å². The van der Waals surface area contributed by atoms with Crippen LogP contribution < -0.4 is 0 Å². The third kappa shape index (κ3) is 2.98. The van der Waals surface area contributed by atoms with Crippen LogP contribution in [0.25, 0.3) is 0 Å². The molecule has 1 fully saturated rings. The van der Waals surface area contributed by atoms with E-state index in [1.807, 2.05) is 0 Å². The lowest BCUT2D eigenvalue weighted by atomic mass is 10.2. The van der Waals surface area contributed by atoms with Crippen LogP contribution in [0.1, 0.15) is 5.56 Å². The van der Waals surface area contributed by atoms with Gasteiger partial charge in [-0.2, -0.15) is 0 Å². The molecule has 0 aliphatic carbocycles. The van der Waals surface area contributed by atoms with Gasteiger partial charge in [0.25, 0.3) is 0 Å². The average Bonchev–Trinajstić information content (AvgIpc) is 2.41. The highest BCUT2D eigenvalue weighted by atomic mass is 19.1. The van der Waals surface area contributed by atoms with Gasteiger partial charge in [-0.3, -0.25) is 0 Å². The molecule has 5 heteroatoms. The summed E-state index contributed by atoms with van der Waals surface area (Å²) in [6.45, 7) is 2.61. The molecule has 98 valence electrons. The van der Waals surface area contributed by atoms with Crippen LogP contribution in [0.2, 0.25) is 0 Å². The van der Waals surface area contributed by atoms with Gasteiger partial charge in [0.1, 0.15) is 5.82 Å². The molecule has 2 rings (SSSR count). The predicted octanol–water partition coefficient (Wildman–Crippen LogP) is 1.71. The molecule has 0 radical (unpaired) electrons. The van der Waals surface area contributed by atoms with Crippen molar-refractivity contribution >= 4 is 6.03 Å². The number of hydrogen-bond acceptors (Lipinski definition) is 2. The smallest absolute Gasteiger partial charge is 0.320 e. The molecule has 4 nitrogen and oxygen atoms in total. The molecule has 1 aromatic rings. The van der Waals surface area contributed by atoms with Gasteiger partial charge >= 0.3 is 6.03 Å². The Morgan fingerprint density at radius 2 is 2.06 bits per heavy atom. The van der Waals surface area contributed by atoms with Gasteiger partial charge in [0.05, 0.1) is 13.2 Å². The Bertz CT molecular complexity index is 419. The Kier molecular flexibility index (Phi) is 4.15. The van der Waals surface area contributed by atoms with Gasteiger partial charge < -0.3 is 14.5 Å². The van der Waals surface area contributed by atoms with E-state index in [1.54, 1.807) is 30.1 Å². The summed E-state index contributed by atoms with van der Waals surface area (Å²) in [5.74, 6) is -0.279. The van der Waals surface area contributed by atoms with Gasteiger partial charge in [-0.15, -0.1) is 0 Å². The largest absolute Gasteiger partial charge is 0.378 e. The quantitative estimate of drug-likeness (QED) is 0.802. The SMILES string of the molecule is CN(Cc1ccccc1F)C(=O)N1CCOCC1. The van der Waals surface area contributed by atoms with E-state index in [-0.39, 0.29) is 18.4 Å². The third-order valence-corrected chi connectivity index (χ3v) is 2.97. The number of benzene rings is 1. The second-order valence-electron chi connectivity index (χ2n) is 4.33. The van der Waals surface area contributed by atoms with Crippen LogP contribution >= 0.6 is 0 Å². The van der Waals surface area contributed by atoms with Crippen LogP contribution in [0.3, 0.4) is 0 Å². The minimum Gasteiger partial charge on any atom is -0.378 e. The van der Waals surface area contributed by atoms with E-state index in [4.69, 9.17) is 4.74 Å². The van der Waals surface area contributed by atoms with E-state index in [2.05, 4.69) is 0 Å². The fraction of sp³-hybridized carbons (Fsp3) is 0.462. The monoisotopic (exact) mass is 252 g/mol. The number of halogens is 1. The minimum atomic E-state index is -0.279. The Morgan fingerprint density at radius 1 is 1.39 bits per heavy atom. The van der Waals surface area contributed by atoms with E-state index >= 15 is 0 Å². The number of hydrogen-bond donors (Lipinski definition) is 0. The molecule has 1 aliphatic rings. The van der Waals surface area contributed by atoms with Crippen molar-refractivity contribution in [1.29, 1.82) is 0 Å². The lowest BCUT2D eigenvalue weighted by molar-refractivity contribution is 0.0447. The van der Waals surface area contributed by atoms with Crippen LogP contribution in [0, 0.1) is 5.82 Å². The lowest BCUT2D eigenvalue weighted by Crippen LogP contribution is -2.46. The van der Waals surface area contributed by atoms with E-state index in [0.29, 0.717) is 31.9 Å². The molecule has 0 spiro atoms. The summed E-state index contributed by atoms with van der Waals surface area (Å²) in [7, 11) is 1.68. The third-order valence-electron chi connectivity index (χ3n) is 2.97. The van der Waals surface area contributed by atoms with Crippen LogP contribution in [0.15, 0.2) is 24.3 Å². The van der Waals surface area contributed by atoms with Crippen molar-refractivity contribution < 1.29 is 13.9 Å². The first kappa shape index (κ1) is 12.8. The Balaban J connectivity index is 1.96. The molecule has 0 atom stereocenters. The number of ether oxygens (including phenoxy) is 1. The number of amides is 2. The van der Waals surface area contributed by atoms with Crippen molar-refractivity contribution in [2.24, 2.45) is 0 Å². The van der Waals surface area contributed by atoms with Gasteiger partial charge in [0, 0.05) is 32.2 Å². The molecular weight excluding hydrogens is 235 g/mol. The van der Waals surface area contributed by atoms with Gasteiger partial charge in [-0.1, -0.05) is 18.2 Å². The van der Waals surface area contributed by atoms with Crippen LogP contribution in [-0.2, 0) is 11.3 Å². The minimum absolute atomic E-state index is 0.0819. The zero-order valence-electron chi connectivity index (χ0n) is 10.4. The van der Waals surface area contributed by atoms with Crippen molar-refractivity contribution in [2.45, 2.75) is 6.54 Å². The normalized spacial score (nSPS) is 15.6. The second-order valence-corrected chi connectivity index (χ2v) is 4.33. The van der Waals surface area contributed by atoms with Gasteiger partial charge in [0.2, 0.25) is 0 Å². The topological polar surface area (TPSA) is 32.8 Å². The molecule has 0 unspecified atom stereocenters. The van der Waals surface area contributed by atoms with Crippen LogP contribution in [0.5, 0.6) is 0 Å². The number of carbonyl (C=O) groups is 1. The highest BCUT2D eigenvalue weighted by Gasteiger charge is 2.20. The van der Waals surface area contributed by atoms with Gasteiger partial charge in [-0.05, 0) is 6.07 Å². The maximum Gasteiger partial charge on any atom is 0.320 e. The molecule has 0 bridgehead atoms. The van der Waals surface area contributed by atoms with Crippen molar-refractivity contribution in [2.75, 3.05) is 33.4 Å². The fourth-order valence-corrected chi connectivity index (χ4v) is 1.95. The van der Waals surface area contributed by atoms with Crippen LogP contribution in [0.4, 0.5) is 9.18 Å². The summed E-state index contributed by atoms with van der Waals surface area (Å²) in [5, 5.41) is 0. The van der Waals surface area contributed by atoms with Gasteiger partial charge in [0.15, 0.2) is 0 Å². The summed E-state index contributed by atoms with van der Waals surface area (Å²) in [6, 6.07) is 6.43. The number of nitrogens with zero attached hydrogens (tertiary/aromatic N) is 2. The number of morpholine rings is 1. The first-order valence-electron chi connectivity index (χ1n) is 5.99. The molecule has 1 aliphatic heterocycles. The first-order chi connectivity index (χ1) is 8.68. The van der Waals surface area contributed by atoms with Gasteiger partial charge in [-0.25, -0.2) is 9.18 Å². The summed E-state index contributed by atoms with van der Waals surface area (Å²) < 4.78 is 18.7. The standard InChI is InChI=1S/C13H17FN2O2/c1-15(10-11-4-2-3-5-12(11)14)13(17)16-6-8-18-9-7-16/h2-5H,6-10H2,1H3. The van der Waals surface area contributed by atoms with Crippen molar-refractivity contribution in [3.63, 3.8) is 0 Å². The lowest BCUT2D eigenvalue weighted by Gasteiger charge is -2.31. The molecule has 1 saturated heterocycles. The second kappa shape index (κ2) is 5.82. The number of urea groups is 1. The highest BCUT2D eigenvalue weighted by Crippen LogP contribution is 2.11. The summed E-state index contributed by atoms with van der Waals surface area (Å²) in [5.41, 5.74) is 0.529. The first-order valence-corrected chi connectivity index (χ1v) is 5.99. The predicted molar refractivity (Wildman–Crippen MR) is 65.7 cm³/mol. The average molecular weight is 252 g/mol. The molecule has 0 N–H and O–H groups in total. The molecule has 18 heavy (non-hydrogen) atoms. The zero-order valence-corrected chi connectivity index (χ0v) is 10.4. The molecule has 2 amide bonds.